The van der Waals surface area contributed by atoms with Crippen LogP contribution in [0.25, 0.3) is 0 Å². The van der Waals surface area contributed by atoms with Crippen molar-refractivity contribution in [2.75, 3.05) is 0 Å². The Labute approximate surface area is 165 Å². The molecule has 0 N–H and O–H groups in total. The molecule has 0 fully saturated rings. The fourth-order valence-electron chi connectivity index (χ4n) is 3.07. The second-order valence-corrected chi connectivity index (χ2v) is 7.63. The molecule has 0 radical (unpaired) electrons. The summed E-state index contributed by atoms with van der Waals surface area (Å²) in [6.45, 7) is 3.47. The van der Waals surface area contributed by atoms with Crippen molar-refractivity contribution in [1.29, 1.82) is 0 Å². The summed E-state index contributed by atoms with van der Waals surface area (Å²) in [6.07, 6.45) is 24.4. The molecule has 0 spiro atoms. The van der Waals surface area contributed by atoms with E-state index in [1.54, 1.807) is 0 Å². The zero-order chi connectivity index (χ0) is 19.3. The molecule has 0 aliphatic rings. The van der Waals surface area contributed by atoms with Crippen molar-refractivity contribution in [3.05, 3.63) is 30.6 Å². The van der Waals surface area contributed by atoms with Gasteiger partial charge in [0.15, 0.2) is 12.4 Å². The number of hydrogen-bond acceptors (Lipinski definition) is 3. The Hall–Kier alpha value is -0.706. The van der Waals surface area contributed by atoms with Gasteiger partial charge in [0.1, 0.15) is 6.54 Å². The maximum absolute atomic E-state index is 8.56. The Bertz CT molecular complexity index is 456. The molecule has 0 bridgehead atoms. The van der Waals surface area contributed by atoms with Crippen LogP contribution >= 0.6 is 0 Å². The molecule has 1 aromatic heterocycles. The van der Waals surface area contributed by atoms with Crippen molar-refractivity contribution in [1.82, 2.24) is 0 Å². The van der Waals surface area contributed by atoms with Gasteiger partial charge in [0.2, 0.25) is 0 Å². The van der Waals surface area contributed by atoms with Crippen LogP contribution < -0.4 is 8.60 Å². The van der Waals surface area contributed by atoms with Gasteiger partial charge in [-0.1, -0.05) is 90.0 Å². The Kier molecular flexibility index (Phi) is 20.0. The van der Waals surface area contributed by atoms with Crippen LogP contribution in [0.3, 0.4) is 0 Å². The van der Waals surface area contributed by atoms with E-state index in [2.05, 4.69) is 42.1 Å². The van der Waals surface area contributed by atoms with E-state index in [4.69, 9.17) is 11.4 Å². The Morgan fingerprint density at radius 2 is 1.00 bits per heavy atom. The molecule has 150 valence electrons. The number of nitrogens with zero attached hydrogens (tertiary/aromatic N) is 1. The minimum absolute atomic E-state index is 1.18. The first-order valence-electron chi connectivity index (χ1n) is 10.4. The Morgan fingerprint density at radius 3 is 1.38 bits per heavy atom. The molecule has 0 aliphatic heterocycles. The molecule has 0 aromatic carbocycles. The van der Waals surface area contributed by atoms with E-state index in [0.29, 0.717) is 0 Å². The van der Waals surface area contributed by atoms with Gasteiger partial charge < -0.3 is 0 Å². The molecule has 0 atom stereocenters. The number of unbranched alkanes of at least 4 members (excludes halogenated alkanes) is 13. The van der Waals surface area contributed by atoms with Crippen LogP contribution in [0.2, 0.25) is 0 Å². The fourth-order valence-corrected chi connectivity index (χ4v) is 3.07. The number of hydrogen-bond donors (Lipinski definition) is 0. The summed E-state index contributed by atoms with van der Waals surface area (Å²) < 4.78 is 28.0. The molecule has 26 heavy (non-hydrogen) atoms. The topological polar surface area (TPSA) is 61.1 Å². The Morgan fingerprint density at radius 1 is 0.654 bits per heavy atom. The van der Waals surface area contributed by atoms with Crippen molar-refractivity contribution in [3.8, 4) is 0 Å². The SMILES string of the molecule is CCCCCCCCCCCCCCCC[n+]1ccccc1.[O]=[V](=[O])[O-]. The van der Waals surface area contributed by atoms with E-state index in [1.165, 1.54) is 96.4 Å². The third kappa shape index (κ3) is 21.3. The van der Waals surface area contributed by atoms with Crippen LogP contribution in [0.5, 0.6) is 0 Å². The number of aromatic nitrogens is 1. The van der Waals surface area contributed by atoms with Gasteiger partial charge in [0.25, 0.3) is 0 Å². The molecular weight excluding hydrogens is 365 g/mol. The summed E-state index contributed by atoms with van der Waals surface area (Å²) in [5.41, 5.74) is 0. The molecule has 0 amide bonds. The third-order valence-corrected chi connectivity index (χ3v) is 4.55. The zero-order valence-corrected chi connectivity index (χ0v) is 18.0. The molecule has 0 saturated heterocycles. The van der Waals surface area contributed by atoms with Crippen LogP contribution in [-0.4, -0.2) is 0 Å². The predicted octanol–water partition coefficient (Wildman–Crippen LogP) is 5.03. The van der Waals surface area contributed by atoms with Crippen LogP contribution in [0, 0.1) is 0 Å². The molecule has 5 heteroatoms. The van der Waals surface area contributed by atoms with Crippen molar-refractivity contribution in [2.45, 2.75) is 103 Å². The first-order valence-corrected chi connectivity index (χ1v) is 12.1. The van der Waals surface area contributed by atoms with Gasteiger partial charge in [-0.25, -0.2) is 4.57 Å². The van der Waals surface area contributed by atoms with Crippen molar-refractivity contribution < 1.29 is 31.3 Å². The van der Waals surface area contributed by atoms with Crippen molar-refractivity contribution >= 4 is 0 Å². The van der Waals surface area contributed by atoms with Gasteiger partial charge in [-0.15, -0.1) is 0 Å². The van der Waals surface area contributed by atoms with Gasteiger partial charge in [-0.2, -0.15) is 0 Å². The number of pyridine rings is 1. The zero-order valence-electron chi connectivity index (χ0n) is 16.6. The van der Waals surface area contributed by atoms with Gasteiger partial charge in [-0.05, 0) is 6.42 Å². The normalized spacial score (nSPS) is 10.2. The van der Waals surface area contributed by atoms with E-state index in [9.17, 15) is 0 Å². The Balaban J connectivity index is 0.00000141. The third-order valence-electron chi connectivity index (χ3n) is 4.55. The van der Waals surface area contributed by atoms with Gasteiger partial charge >= 0.3 is 26.8 Å². The number of rotatable bonds is 15. The quantitative estimate of drug-likeness (QED) is 0.305. The summed E-state index contributed by atoms with van der Waals surface area (Å²) in [5, 5.41) is 0. The first kappa shape index (κ1) is 25.3. The van der Waals surface area contributed by atoms with Gasteiger partial charge in [0.05, 0.1) is 0 Å². The number of aryl methyl sites for hydroxylation is 1. The summed E-state index contributed by atoms with van der Waals surface area (Å²) in [7, 11) is 0. The predicted molar refractivity (Wildman–Crippen MR) is 98.3 cm³/mol. The van der Waals surface area contributed by atoms with Crippen LogP contribution in [0.1, 0.15) is 96.8 Å². The average Bonchev–Trinajstić information content (AvgIpc) is 2.62. The molecule has 4 nitrogen and oxygen atoms in total. The second kappa shape index (κ2) is 20.6. The van der Waals surface area contributed by atoms with E-state index in [1.807, 2.05) is 0 Å². The minimum atomic E-state index is -3.94. The van der Waals surface area contributed by atoms with E-state index < -0.39 is 15.4 Å². The molecule has 1 rings (SSSR count). The summed E-state index contributed by atoms with van der Waals surface area (Å²) >= 11 is -3.94. The van der Waals surface area contributed by atoms with Gasteiger partial charge in [0, 0.05) is 18.6 Å². The van der Waals surface area contributed by atoms with Crippen molar-refractivity contribution in [2.24, 2.45) is 0 Å². The summed E-state index contributed by atoms with van der Waals surface area (Å²) in [5.74, 6) is 0. The fraction of sp³-hybridized carbons (Fsp3) is 0.762. The van der Waals surface area contributed by atoms with Gasteiger partial charge in [-0.3, -0.25) is 0 Å². The average molecular weight is 403 g/mol. The molecule has 0 aliphatic carbocycles. The van der Waals surface area contributed by atoms with Crippen LogP contribution in [0.15, 0.2) is 30.6 Å². The molecular formula is C21H38NO3V. The van der Waals surface area contributed by atoms with Crippen LogP contribution in [0.4, 0.5) is 0 Å². The standard InChI is InChI=1S/C21H38N.3O.V/c1-2-3-4-5-6-7-8-9-10-11-12-13-14-16-19-22-20-17-15-18-21-22;;;;/h15,17-18,20-21H,2-14,16,19H2,1H3;;;;/q+1;;;-1;. The maximum atomic E-state index is 8.56. The van der Waals surface area contributed by atoms with E-state index in [-0.39, 0.29) is 0 Å². The van der Waals surface area contributed by atoms with Crippen LogP contribution in [-0.2, 0) is 29.3 Å². The molecule has 1 heterocycles. The molecule has 1 aromatic rings. The van der Waals surface area contributed by atoms with E-state index in [0.717, 1.165) is 0 Å². The summed E-state index contributed by atoms with van der Waals surface area (Å²) in [4.78, 5) is 0. The molecule has 0 unspecified atom stereocenters. The molecule has 0 saturated carbocycles. The second-order valence-electron chi connectivity index (χ2n) is 6.93. The van der Waals surface area contributed by atoms with Crippen molar-refractivity contribution in [3.63, 3.8) is 0 Å². The monoisotopic (exact) mass is 403 g/mol. The summed E-state index contributed by atoms with van der Waals surface area (Å²) in [6, 6.07) is 6.31. The first-order chi connectivity index (χ1) is 12.7. The van der Waals surface area contributed by atoms with E-state index >= 15 is 0 Å².